The molecular formula is C8H15NO4. The van der Waals surface area contributed by atoms with E-state index in [1.807, 2.05) is 0 Å². The van der Waals surface area contributed by atoms with Gasteiger partial charge in [-0.2, -0.15) is 0 Å². The van der Waals surface area contributed by atoms with Crippen molar-refractivity contribution in [3.05, 3.63) is 0 Å². The van der Waals surface area contributed by atoms with Crippen LogP contribution in [0.5, 0.6) is 0 Å². The highest BCUT2D eigenvalue weighted by atomic mass is 16.5. The second-order valence-electron chi connectivity index (χ2n) is 3.33. The van der Waals surface area contributed by atoms with Gasteiger partial charge in [-0.25, -0.2) is 4.79 Å². The maximum atomic E-state index is 10.7. The van der Waals surface area contributed by atoms with Crippen molar-refractivity contribution >= 4 is 6.09 Å². The quantitative estimate of drug-likeness (QED) is 0.655. The topological polar surface area (TPSA) is 70.0 Å². The van der Waals surface area contributed by atoms with E-state index in [2.05, 4.69) is 0 Å². The maximum absolute atomic E-state index is 10.7. The summed E-state index contributed by atoms with van der Waals surface area (Å²) in [6, 6.07) is -0.252. The van der Waals surface area contributed by atoms with Crippen LogP contribution in [0.25, 0.3) is 0 Å². The monoisotopic (exact) mass is 189 g/mol. The Labute approximate surface area is 76.9 Å². The lowest BCUT2D eigenvalue weighted by Gasteiger charge is -2.18. The van der Waals surface area contributed by atoms with Gasteiger partial charge in [0, 0.05) is 19.6 Å². The van der Waals surface area contributed by atoms with E-state index in [0.717, 1.165) is 0 Å². The van der Waals surface area contributed by atoms with Gasteiger partial charge >= 0.3 is 6.09 Å². The molecule has 1 aliphatic rings. The molecule has 13 heavy (non-hydrogen) atoms. The van der Waals surface area contributed by atoms with Crippen molar-refractivity contribution in [1.82, 2.24) is 4.90 Å². The minimum Gasteiger partial charge on any atom is -0.465 e. The summed E-state index contributed by atoms with van der Waals surface area (Å²) in [4.78, 5) is 12.0. The molecule has 0 radical (unpaired) electrons. The van der Waals surface area contributed by atoms with E-state index in [4.69, 9.17) is 14.9 Å². The van der Waals surface area contributed by atoms with E-state index in [0.29, 0.717) is 19.6 Å². The number of hydrogen-bond donors (Lipinski definition) is 2. The predicted octanol–water partition coefficient (Wildman–Crippen LogP) is -0.00640. The first-order valence-corrected chi connectivity index (χ1v) is 4.28. The zero-order valence-corrected chi connectivity index (χ0v) is 7.64. The van der Waals surface area contributed by atoms with Crippen LogP contribution in [0.1, 0.15) is 6.42 Å². The van der Waals surface area contributed by atoms with Crippen molar-refractivity contribution in [3.63, 3.8) is 0 Å². The molecule has 0 spiro atoms. The lowest BCUT2D eigenvalue weighted by Crippen LogP contribution is -2.36. The molecular weight excluding hydrogens is 174 g/mol. The molecule has 1 aliphatic heterocycles. The number of likely N-dealkylation sites (tertiary alicyclic amines) is 1. The van der Waals surface area contributed by atoms with Crippen LogP contribution in [0.2, 0.25) is 0 Å². The van der Waals surface area contributed by atoms with Crippen molar-refractivity contribution in [2.24, 2.45) is 5.92 Å². The highest BCUT2D eigenvalue weighted by Gasteiger charge is 2.34. The first kappa shape index (κ1) is 10.3. The van der Waals surface area contributed by atoms with Crippen LogP contribution in [0, 0.1) is 5.92 Å². The van der Waals surface area contributed by atoms with Gasteiger partial charge < -0.3 is 19.8 Å². The average Bonchev–Trinajstić information content (AvgIpc) is 2.48. The molecule has 2 atom stereocenters. The summed E-state index contributed by atoms with van der Waals surface area (Å²) in [7, 11) is 1.59. The van der Waals surface area contributed by atoms with E-state index in [1.165, 1.54) is 4.90 Å². The van der Waals surface area contributed by atoms with Gasteiger partial charge in [0.15, 0.2) is 0 Å². The third kappa shape index (κ3) is 2.32. The zero-order chi connectivity index (χ0) is 9.84. The van der Waals surface area contributed by atoms with Gasteiger partial charge in [0.1, 0.15) is 0 Å². The van der Waals surface area contributed by atoms with E-state index in [-0.39, 0.29) is 18.6 Å². The van der Waals surface area contributed by atoms with Gasteiger partial charge in [0.05, 0.1) is 19.3 Å². The summed E-state index contributed by atoms with van der Waals surface area (Å²) in [5.74, 6) is 0.221. The summed E-state index contributed by atoms with van der Waals surface area (Å²) in [5.41, 5.74) is 0. The molecule has 1 unspecified atom stereocenters. The minimum atomic E-state index is -0.961. The molecule has 2 N–H and O–H groups in total. The summed E-state index contributed by atoms with van der Waals surface area (Å²) in [5, 5.41) is 17.7. The molecule has 0 saturated carbocycles. The number of methoxy groups -OCH3 is 1. The number of aliphatic hydroxyl groups excluding tert-OH is 1. The van der Waals surface area contributed by atoms with Crippen molar-refractivity contribution in [3.8, 4) is 0 Å². The second-order valence-corrected chi connectivity index (χ2v) is 3.33. The lowest BCUT2D eigenvalue weighted by molar-refractivity contribution is 0.116. The summed E-state index contributed by atoms with van der Waals surface area (Å²) < 4.78 is 4.95. The highest BCUT2D eigenvalue weighted by molar-refractivity contribution is 5.65. The Hall–Kier alpha value is -0.810. The maximum Gasteiger partial charge on any atom is 0.407 e. The molecule has 0 bridgehead atoms. The van der Waals surface area contributed by atoms with E-state index in [1.54, 1.807) is 7.11 Å². The Morgan fingerprint density at radius 1 is 1.69 bits per heavy atom. The Bertz CT molecular complexity index is 185. The Kier molecular flexibility index (Phi) is 3.50. The Balaban J connectivity index is 2.50. The highest BCUT2D eigenvalue weighted by Crippen LogP contribution is 2.22. The van der Waals surface area contributed by atoms with Crippen molar-refractivity contribution in [1.29, 1.82) is 0 Å². The fourth-order valence-corrected chi connectivity index (χ4v) is 1.78. The molecule has 1 rings (SSSR count). The second kappa shape index (κ2) is 4.43. The van der Waals surface area contributed by atoms with Crippen LogP contribution in [-0.4, -0.2) is 54.1 Å². The van der Waals surface area contributed by atoms with Crippen LogP contribution in [0.3, 0.4) is 0 Å². The van der Waals surface area contributed by atoms with Crippen LogP contribution < -0.4 is 0 Å². The average molecular weight is 189 g/mol. The van der Waals surface area contributed by atoms with E-state index in [9.17, 15) is 4.79 Å². The largest absolute Gasteiger partial charge is 0.465 e. The van der Waals surface area contributed by atoms with E-state index >= 15 is 0 Å². The minimum absolute atomic E-state index is 0.105. The molecule has 76 valence electrons. The number of ether oxygens (including phenoxy) is 1. The SMILES string of the molecule is COCC1C[C@@H](CO)N(C(=O)O)C1. The van der Waals surface area contributed by atoms with Crippen molar-refractivity contribution in [2.45, 2.75) is 12.5 Å². The number of amides is 1. The normalized spacial score (nSPS) is 28.0. The third-order valence-electron chi connectivity index (χ3n) is 2.36. The van der Waals surface area contributed by atoms with Gasteiger partial charge in [-0.1, -0.05) is 0 Å². The summed E-state index contributed by atoms with van der Waals surface area (Å²) in [6.07, 6.45) is -0.269. The Morgan fingerprint density at radius 2 is 2.38 bits per heavy atom. The van der Waals surface area contributed by atoms with Crippen LogP contribution >= 0.6 is 0 Å². The van der Waals surface area contributed by atoms with Crippen molar-refractivity contribution < 1.29 is 19.7 Å². The van der Waals surface area contributed by atoms with Crippen LogP contribution in [0.4, 0.5) is 4.79 Å². The molecule has 0 aromatic rings. The molecule has 1 fully saturated rings. The molecule has 5 heteroatoms. The van der Waals surface area contributed by atoms with Crippen LogP contribution in [-0.2, 0) is 4.74 Å². The molecule has 0 aromatic heterocycles. The molecule has 0 aromatic carbocycles. The van der Waals surface area contributed by atoms with Gasteiger partial charge in [0.2, 0.25) is 0 Å². The van der Waals surface area contributed by atoms with E-state index < -0.39 is 6.09 Å². The fourth-order valence-electron chi connectivity index (χ4n) is 1.78. The standard InChI is InChI=1S/C8H15NO4/c1-13-5-6-2-7(4-10)9(3-6)8(11)12/h6-7,10H,2-5H2,1H3,(H,11,12)/t6?,7-/m0/s1. The number of carbonyl (C=O) groups is 1. The number of rotatable bonds is 3. The molecule has 1 amide bonds. The molecule has 1 heterocycles. The fraction of sp³-hybridized carbons (Fsp3) is 0.875. The number of carboxylic acid groups (broad SMARTS) is 1. The van der Waals surface area contributed by atoms with Gasteiger partial charge in [-0.15, -0.1) is 0 Å². The first-order chi connectivity index (χ1) is 6.19. The van der Waals surface area contributed by atoms with Crippen molar-refractivity contribution in [2.75, 3.05) is 26.9 Å². The molecule has 0 aliphatic carbocycles. The molecule has 5 nitrogen and oxygen atoms in total. The third-order valence-corrected chi connectivity index (χ3v) is 2.36. The molecule has 1 saturated heterocycles. The predicted molar refractivity (Wildman–Crippen MR) is 45.6 cm³/mol. The van der Waals surface area contributed by atoms with Gasteiger partial charge in [0.25, 0.3) is 0 Å². The first-order valence-electron chi connectivity index (χ1n) is 4.28. The van der Waals surface area contributed by atoms with Gasteiger partial charge in [-0.3, -0.25) is 0 Å². The number of hydrogen-bond acceptors (Lipinski definition) is 3. The lowest BCUT2D eigenvalue weighted by atomic mass is 10.1. The number of aliphatic hydroxyl groups is 1. The van der Waals surface area contributed by atoms with Gasteiger partial charge in [-0.05, 0) is 6.42 Å². The Morgan fingerprint density at radius 3 is 2.77 bits per heavy atom. The summed E-state index contributed by atoms with van der Waals surface area (Å²) >= 11 is 0. The smallest absolute Gasteiger partial charge is 0.407 e. The summed E-state index contributed by atoms with van der Waals surface area (Å²) in [6.45, 7) is 0.918. The zero-order valence-electron chi connectivity index (χ0n) is 7.64. The number of nitrogens with zero attached hydrogens (tertiary/aromatic N) is 1. The van der Waals surface area contributed by atoms with Crippen LogP contribution in [0.15, 0.2) is 0 Å².